The number of rotatable bonds is 3. The van der Waals surface area contributed by atoms with Gasteiger partial charge in [0.2, 0.25) is 0 Å². The average Bonchev–Trinajstić information content (AvgIpc) is 2.61. The van der Waals surface area contributed by atoms with Crippen LogP contribution in [0.2, 0.25) is 0 Å². The van der Waals surface area contributed by atoms with Crippen LogP contribution in [0.5, 0.6) is 0 Å². The van der Waals surface area contributed by atoms with Gasteiger partial charge in [-0.1, -0.05) is 42.5 Å². The van der Waals surface area contributed by atoms with Gasteiger partial charge in [0, 0.05) is 8.96 Å². The van der Waals surface area contributed by atoms with Gasteiger partial charge >= 0.3 is 0 Å². The van der Waals surface area contributed by atoms with Crippen molar-refractivity contribution in [2.24, 2.45) is 0 Å². The van der Waals surface area contributed by atoms with Gasteiger partial charge in [-0.05, 0) is 64.0 Å². The van der Waals surface area contributed by atoms with Crippen LogP contribution in [0.4, 0.5) is 5.82 Å². The van der Waals surface area contributed by atoms with Gasteiger partial charge in [-0.3, -0.25) is 0 Å². The Morgan fingerprint density at radius 2 is 1.75 bits per heavy atom. The molecule has 1 N–H and O–H groups in total. The molecule has 4 rings (SSSR count). The van der Waals surface area contributed by atoms with Crippen molar-refractivity contribution in [1.82, 2.24) is 9.97 Å². The molecule has 3 nitrogen and oxygen atoms in total. The number of benzene rings is 3. The predicted octanol–water partition coefficient (Wildman–Crippen LogP) is 5.56. The second-order valence-electron chi connectivity index (χ2n) is 5.82. The monoisotopic (exact) mass is 425 g/mol. The van der Waals surface area contributed by atoms with Gasteiger partial charge < -0.3 is 5.32 Å². The molecule has 0 aliphatic rings. The third-order valence-electron chi connectivity index (χ3n) is 4.24. The van der Waals surface area contributed by atoms with Gasteiger partial charge in [-0.2, -0.15) is 0 Å². The molecule has 118 valence electrons. The van der Waals surface area contributed by atoms with Crippen molar-refractivity contribution in [1.29, 1.82) is 0 Å². The van der Waals surface area contributed by atoms with Crippen molar-refractivity contribution in [3.8, 4) is 0 Å². The summed E-state index contributed by atoms with van der Waals surface area (Å²) < 4.78 is 1.18. The number of anilines is 1. The summed E-state index contributed by atoms with van der Waals surface area (Å²) in [6, 6.07) is 21.3. The third kappa shape index (κ3) is 2.82. The van der Waals surface area contributed by atoms with Crippen LogP contribution in [0.15, 0.2) is 67.0 Å². The van der Waals surface area contributed by atoms with E-state index in [0.717, 1.165) is 16.7 Å². The third-order valence-corrected chi connectivity index (χ3v) is 4.91. The van der Waals surface area contributed by atoms with Crippen LogP contribution in [0.3, 0.4) is 0 Å². The average molecular weight is 425 g/mol. The molecular weight excluding hydrogens is 409 g/mol. The fourth-order valence-corrected chi connectivity index (χ4v) is 3.55. The Kier molecular flexibility index (Phi) is 4.06. The van der Waals surface area contributed by atoms with Crippen LogP contribution in [-0.2, 0) is 0 Å². The Morgan fingerprint density at radius 3 is 2.67 bits per heavy atom. The van der Waals surface area contributed by atoms with Gasteiger partial charge in [0.1, 0.15) is 12.1 Å². The Labute approximate surface area is 154 Å². The summed E-state index contributed by atoms with van der Waals surface area (Å²) in [5.74, 6) is 0.874. The lowest BCUT2D eigenvalue weighted by molar-refractivity contribution is 0.885. The highest BCUT2D eigenvalue weighted by atomic mass is 127. The lowest BCUT2D eigenvalue weighted by Crippen LogP contribution is -2.09. The summed E-state index contributed by atoms with van der Waals surface area (Å²) in [6.45, 7) is 2.17. The van der Waals surface area contributed by atoms with Gasteiger partial charge in [0.15, 0.2) is 0 Å². The number of fused-ring (bicyclic) bond motifs is 2. The summed E-state index contributed by atoms with van der Waals surface area (Å²) in [7, 11) is 0. The molecule has 1 heterocycles. The van der Waals surface area contributed by atoms with Gasteiger partial charge in [0.25, 0.3) is 0 Å². The molecule has 0 fully saturated rings. The Morgan fingerprint density at radius 1 is 0.917 bits per heavy atom. The van der Waals surface area contributed by atoms with Crippen LogP contribution in [0.1, 0.15) is 18.5 Å². The fraction of sp³-hybridized carbons (Fsp3) is 0.100. The lowest BCUT2D eigenvalue weighted by Gasteiger charge is -2.18. The minimum absolute atomic E-state index is 0.145. The molecule has 0 spiro atoms. The van der Waals surface area contributed by atoms with Crippen molar-refractivity contribution in [2.75, 3.05) is 5.32 Å². The topological polar surface area (TPSA) is 37.8 Å². The maximum absolute atomic E-state index is 4.47. The van der Waals surface area contributed by atoms with Gasteiger partial charge in [-0.15, -0.1) is 0 Å². The first-order valence-electron chi connectivity index (χ1n) is 7.87. The van der Waals surface area contributed by atoms with Crippen molar-refractivity contribution in [3.63, 3.8) is 0 Å². The zero-order valence-electron chi connectivity index (χ0n) is 13.2. The highest BCUT2D eigenvalue weighted by Gasteiger charge is 2.12. The SMILES string of the molecule is CC(Nc1ncnc2ccc(I)cc12)c1cccc2ccccc12. The second-order valence-corrected chi connectivity index (χ2v) is 7.06. The maximum atomic E-state index is 4.47. The molecule has 0 saturated heterocycles. The molecule has 0 amide bonds. The minimum Gasteiger partial charge on any atom is -0.363 e. The molecule has 1 aromatic heterocycles. The normalized spacial score (nSPS) is 12.4. The van der Waals surface area contributed by atoms with Gasteiger partial charge in [-0.25, -0.2) is 9.97 Å². The summed E-state index contributed by atoms with van der Waals surface area (Å²) in [4.78, 5) is 8.83. The molecule has 4 aromatic rings. The predicted molar refractivity (Wildman–Crippen MR) is 108 cm³/mol. The minimum atomic E-state index is 0.145. The molecule has 1 atom stereocenters. The standard InChI is InChI=1S/C20H16IN3/c1-13(16-8-4-6-14-5-2-3-7-17(14)16)24-20-18-11-15(21)9-10-19(18)22-12-23-20/h2-13H,1H3,(H,22,23,24). The molecular formula is C20H16IN3. The number of hydrogen-bond donors (Lipinski definition) is 1. The van der Waals surface area contributed by atoms with Crippen molar-refractivity contribution in [2.45, 2.75) is 13.0 Å². The fourth-order valence-electron chi connectivity index (χ4n) is 3.05. The van der Waals surface area contributed by atoms with Crippen molar-refractivity contribution < 1.29 is 0 Å². The molecule has 4 heteroatoms. The van der Waals surface area contributed by atoms with E-state index in [2.05, 4.69) is 99.4 Å². The lowest BCUT2D eigenvalue weighted by atomic mass is 9.99. The van der Waals surface area contributed by atoms with E-state index in [4.69, 9.17) is 0 Å². The van der Waals surface area contributed by atoms with E-state index in [-0.39, 0.29) is 6.04 Å². The van der Waals surface area contributed by atoms with E-state index in [9.17, 15) is 0 Å². The van der Waals surface area contributed by atoms with E-state index < -0.39 is 0 Å². The molecule has 0 aliphatic heterocycles. The number of aromatic nitrogens is 2. The van der Waals surface area contributed by atoms with Crippen LogP contribution >= 0.6 is 22.6 Å². The molecule has 1 unspecified atom stereocenters. The maximum Gasteiger partial charge on any atom is 0.137 e. The zero-order valence-corrected chi connectivity index (χ0v) is 15.4. The Balaban J connectivity index is 1.76. The van der Waals surface area contributed by atoms with E-state index in [0.29, 0.717) is 0 Å². The highest BCUT2D eigenvalue weighted by molar-refractivity contribution is 14.1. The summed E-state index contributed by atoms with van der Waals surface area (Å²) in [6.07, 6.45) is 1.62. The molecule has 0 bridgehead atoms. The van der Waals surface area contributed by atoms with Crippen molar-refractivity contribution in [3.05, 3.63) is 76.1 Å². The quantitative estimate of drug-likeness (QED) is 0.437. The number of hydrogen-bond acceptors (Lipinski definition) is 3. The van der Waals surface area contributed by atoms with E-state index in [1.54, 1.807) is 6.33 Å². The summed E-state index contributed by atoms with van der Waals surface area (Å²) in [5.41, 5.74) is 2.23. The smallest absolute Gasteiger partial charge is 0.137 e. The largest absolute Gasteiger partial charge is 0.363 e. The number of halogens is 1. The molecule has 0 saturated carbocycles. The first-order chi connectivity index (χ1) is 11.7. The molecule has 0 radical (unpaired) electrons. The first kappa shape index (κ1) is 15.3. The summed E-state index contributed by atoms with van der Waals surface area (Å²) >= 11 is 2.32. The van der Waals surface area contributed by atoms with E-state index in [1.165, 1.54) is 19.9 Å². The second kappa shape index (κ2) is 6.36. The first-order valence-corrected chi connectivity index (χ1v) is 8.95. The number of nitrogens with one attached hydrogen (secondary N) is 1. The molecule has 3 aromatic carbocycles. The number of nitrogens with zero attached hydrogens (tertiary/aromatic N) is 2. The molecule has 24 heavy (non-hydrogen) atoms. The van der Waals surface area contributed by atoms with E-state index >= 15 is 0 Å². The zero-order chi connectivity index (χ0) is 16.5. The van der Waals surface area contributed by atoms with Crippen LogP contribution in [0, 0.1) is 3.57 Å². The van der Waals surface area contributed by atoms with E-state index in [1.807, 2.05) is 6.07 Å². The highest BCUT2D eigenvalue weighted by Crippen LogP contribution is 2.29. The van der Waals surface area contributed by atoms with Crippen LogP contribution < -0.4 is 5.32 Å². The Hall–Kier alpha value is -2.21. The summed E-state index contributed by atoms with van der Waals surface area (Å²) in [5, 5.41) is 7.14. The molecule has 0 aliphatic carbocycles. The van der Waals surface area contributed by atoms with Crippen LogP contribution in [-0.4, -0.2) is 9.97 Å². The van der Waals surface area contributed by atoms with Gasteiger partial charge in [0.05, 0.1) is 11.6 Å². The van der Waals surface area contributed by atoms with Crippen LogP contribution in [0.25, 0.3) is 21.7 Å². The van der Waals surface area contributed by atoms with Crippen molar-refractivity contribution >= 4 is 50.1 Å². The Bertz CT molecular complexity index is 1020.